The van der Waals surface area contributed by atoms with Crippen LogP contribution in [0.25, 0.3) is 0 Å². The van der Waals surface area contributed by atoms with Crippen molar-refractivity contribution >= 4 is 21.7 Å². The molecule has 0 aliphatic heterocycles. The van der Waals surface area contributed by atoms with Crippen molar-refractivity contribution in [2.75, 3.05) is 23.9 Å². The molecule has 108 valence electrons. The quantitative estimate of drug-likeness (QED) is 0.697. The van der Waals surface area contributed by atoms with Gasteiger partial charge in [-0.05, 0) is 13.8 Å². The van der Waals surface area contributed by atoms with Crippen LogP contribution in [0.1, 0.15) is 26.6 Å². The van der Waals surface area contributed by atoms with Crippen LogP contribution in [-0.4, -0.2) is 36.7 Å². The molecule has 0 aliphatic rings. The van der Waals surface area contributed by atoms with E-state index in [9.17, 15) is 8.42 Å². The van der Waals surface area contributed by atoms with Gasteiger partial charge in [-0.15, -0.1) is 0 Å². The number of nitrogens with two attached hydrogens (primary N) is 1. The molecule has 0 aromatic carbocycles. The van der Waals surface area contributed by atoms with Gasteiger partial charge in [0.1, 0.15) is 17.5 Å². The van der Waals surface area contributed by atoms with Gasteiger partial charge in [0.25, 0.3) is 0 Å². The van der Waals surface area contributed by atoms with Gasteiger partial charge in [-0.3, -0.25) is 0 Å². The molecule has 8 heteroatoms. The third-order valence-corrected chi connectivity index (χ3v) is 3.21. The van der Waals surface area contributed by atoms with Crippen LogP contribution in [0, 0.1) is 0 Å². The molecule has 0 spiro atoms. The van der Waals surface area contributed by atoms with E-state index < -0.39 is 15.6 Å². The van der Waals surface area contributed by atoms with Crippen LogP contribution in [0.3, 0.4) is 0 Å². The number of nitrogen functional groups attached to an aromatic ring is 1. The Morgan fingerprint density at radius 1 is 1.37 bits per heavy atom. The molecule has 0 unspecified atom stereocenters. The summed E-state index contributed by atoms with van der Waals surface area (Å²) in [7, 11) is -3.25. The fraction of sp³-hybridized carbons (Fsp3) is 0.636. The van der Waals surface area contributed by atoms with Gasteiger partial charge in [0.15, 0.2) is 0 Å². The number of aryl methyl sites for hydroxylation is 1. The standard InChI is InChI=1S/C11H21N5O2S/c1-5-9-14-8(12)6-10(15-9)13-7-11(2,3)16-19(4,17)18/h6,16H,5,7H2,1-4H3,(H3,12,13,14,15). The second kappa shape index (κ2) is 5.70. The zero-order valence-corrected chi connectivity index (χ0v) is 12.5. The summed E-state index contributed by atoms with van der Waals surface area (Å²) < 4.78 is 25.0. The van der Waals surface area contributed by atoms with Crippen LogP contribution in [0.2, 0.25) is 0 Å². The normalized spacial score (nSPS) is 12.4. The fourth-order valence-corrected chi connectivity index (χ4v) is 2.69. The van der Waals surface area contributed by atoms with E-state index in [1.54, 1.807) is 19.9 Å². The van der Waals surface area contributed by atoms with Crippen molar-refractivity contribution in [2.24, 2.45) is 0 Å². The Hall–Kier alpha value is -1.41. The SMILES string of the molecule is CCc1nc(N)cc(NCC(C)(C)NS(C)(=O)=O)n1. The summed E-state index contributed by atoms with van der Waals surface area (Å²) in [5.74, 6) is 1.63. The maximum absolute atomic E-state index is 11.2. The minimum atomic E-state index is -3.25. The number of aromatic nitrogens is 2. The molecule has 0 saturated heterocycles. The van der Waals surface area contributed by atoms with E-state index in [2.05, 4.69) is 20.0 Å². The molecule has 0 radical (unpaired) electrons. The summed E-state index contributed by atoms with van der Waals surface area (Å²) in [6.07, 6.45) is 1.82. The molecule has 19 heavy (non-hydrogen) atoms. The van der Waals surface area contributed by atoms with E-state index in [4.69, 9.17) is 5.73 Å². The van der Waals surface area contributed by atoms with Gasteiger partial charge in [0.2, 0.25) is 10.0 Å². The van der Waals surface area contributed by atoms with E-state index in [0.29, 0.717) is 30.4 Å². The number of hydrogen-bond acceptors (Lipinski definition) is 6. The van der Waals surface area contributed by atoms with Crippen molar-refractivity contribution in [1.82, 2.24) is 14.7 Å². The van der Waals surface area contributed by atoms with Crippen molar-refractivity contribution in [3.8, 4) is 0 Å². The van der Waals surface area contributed by atoms with Gasteiger partial charge in [-0.2, -0.15) is 0 Å². The Morgan fingerprint density at radius 2 is 2.00 bits per heavy atom. The lowest BCUT2D eigenvalue weighted by Crippen LogP contribution is -2.47. The molecule has 1 aromatic heterocycles. The number of anilines is 2. The molecule has 0 atom stereocenters. The van der Waals surface area contributed by atoms with Gasteiger partial charge < -0.3 is 11.1 Å². The molecular formula is C11H21N5O2S. The number of rotatable bonds is 6. The minimum Gasteiger partial charge on any atom is -0.384 e. The van der Waals surface area contributed by atoms with Crippen LogP contribution >= 0.6 is 0 Å². The fourth-order valence-electron chi connectivity index (χ4n) is 1.62. The van der Waals surface area contributed by atoms with Gasteiger partial charge in [0, 0.05) is 24.6 Å². The molecule has 1 aromatic rings. The van der Waals surface area contributed by atoms with Crippen LogP contribution in [0.5, 0.6) is 0 Å². The zero-order chi connectivity index (χ0) is 14.7. The number of sulfonamides is 1. The molecule has 4 N–H and O–H groups in total. The molecule has 1 heterocycles. The number of nitrogens with one attached hydrogen (secondary N) is 2. The maximum atomic E-state index is 11.2. The zero-order valence-electron chi connectivity index (χ0n) is 11.7. The predicted molar refractivity (Wildman–Crippen MR) is 76.4 cm³/mol. The second-order valence-corrected chi connectivity index (χ2v) is 6.81. The molecule has 7 nitrogen and oxygen atoms in total. The van der Waals surface area contributed by atoms with E-state index >= 15 is 0 Å². The van der Waals surface area contributed by atoms with Crippen LogP contribution in [0.4, 0.5) is 11.6 Å². The molecule has 1 rings (SSSR count). The lowest BCUT2D eigenvalue weighted by Gasteiger charge is -2.25. The Labute approximate surface area is 114 Å². The highest BCUT2D eigenvalue weighted by molar-refractivity contribution is 7.88. The van der Waals surface area contributed by atoms with Gasteiger partial charge >= 0.3 is 0 Å². The average molecular weight is 287 g/mol. The first kappa shape index (κ1) is 15.6. The largest absolute Gasteiger partial charge is 0.384 e. The Bertz CT molecular complexity index is 542. The lowest BCUT2D eigenvalue weighted by molar-refractivity contribution is 0.476. The minimum absolute atomic E-state index is 0.389. The summed E-state index contributed by atoms with van der Waals surface area (Å²) >= 11 is 0. The summed E-state index contributed by atoms with van der Waals surface area (Å²) in [5, 5.41) is 3.06. The lowest BCUT2D eigenvalue weighted by atomic mass is 10.1. The highest BCUT2D eigenvalue weighted by atomic mass is 32.2. The van der Waals surface area contributed by atoms with Crippen molar-refractivity contribution in [2.45, 2.75) is 32.7 Å². The monoisotopic (exact) mass is 287 g/mol. The Kier molecular flexibility index (Phi) is 4.70. The number of nitrogens with zero attached hydrogens (tertiary/aromatic N) is 2. The third-order valence-electron chi connectivity index (χ3n) is 2.28. The Balaban J connectivity index is 2.73. The van der Waals surface area contributed by atoms with E-state index in [0.717, 1.165) is 6.26 Å². The topological polar surface area (TPSA) is 110 Å². The highest BCUT2D eigenvalue weighted by Gasteiger charge is 2.22. The molecule has 0 bridgehead atoms. The molecule has 0 fully saturated rings. The maximum Gasteiger partial charge on any atom is 0.209 e. The van der Waals surface area contributed by atoms with E-state index in [1.165, 1.54) is 0 Å². The van der Waals surface area contributed by atoms with Gasteiger partial charge in [-0.25, -0.2) is 23.1 Å². The Morgan fingerprint density at radius 3 is 2.53 bits per heavy atom. The molecule has 0 aliphatic carbocycles. The first-order valence-corrected chi connectivity index (χ1v) is 7.87. The number of hydrogen-bond donors (Lipinski definition) is 3. The van der Waals surface area contributed by atoms with Crippen LogP contribution in [0.15, 0.2) is 6.07 Å². The first-order chi connectivity index (χ1) is 8.61. The molecule has 0 saturated carbocycles. The summed E-state index contributed by atoms with van der Waals surface area (Å²) in [6, 6.07) is 1.62. The average Bonchev–Trinajstić information content (AvgIpc) is 2.22. The van der Waals surface area contributed by atoms with Gasteiger partial charge in [0.05, 0.1) is 6.26 Å². The molecular weight excluding hydrogens is 266 g/mol. The van der Waals surface area contributed by atoms with Crippen molar-refractivity contribution < 1.29 is 8.42 Å². The third kappa shape index (κ3) is 5.84. The van der Waals surface area contributed by atoms with E-state index in [-0.39, 0.29) is 0 Å². The van der Waals surface area contributed by atoms with Crippen molar-refractivity contribution in [3.63, 3.8) is 0 Å². The van der Waals surface area contributed by atoms with Crippen LogP contribution in [-0.2, 0) is 16.4 Å². The second-order valence-electron chi connectivity index (χ2n) is 5.06. The summed E-state index contributed by atoms with van der Waals surface area (Å²) in [4.78, 5) is 8.34. The summed E-state index contributed by atoms with van der Waals surface area (Å²) in [6.45, 7) is 5.89. The van der Waals surface area contributed by atoms with Gasteiger partial charge in [-0.1, -0.05) is 6.92 Å². The smallest absolute Gasteiger partial charge is 0.209 e. The van der Waals surface area contributed by atoms with Crippen LogP contribution < -0.4 is 15.8 Å². The highest BCUT2D eigenvalue weighted by Crippen LogP contribution is 2.11. The summed E-state index contributed by atoms with van der Waals surface area (Å²) in [5.41, 5.74) is 5.05. The van der Waals surface area contributed by atoms with Crippen molar-refractivity contribution in [1.29, 1.82) is 0 Å². The van der Waals surface area contributed by atoms with E-state index in [1.807, 2.05) is 6.92 Å². The van der Waals surface area contributed by atoms with Crippen molar-refractivity contribution in [3.05, 3.63) is 11.9 Å². The first-order valence-electron chi connectivity index (χ1n) is 5.97. The molecule has 0 amide bonds. The predicted octanol–water partition coefficient (Wildman–Crippen LogP) is 0.361.